The lowest BCUT2D eigenvalue weighted by atomic mass is 9.50. The van der Waals surface area contributed by atoms with E-state index in [0.29, 0.717) is 37.3 Å². The van der Waals surface area contributed by atoms with Crippen molar-refractivity contribution in [3.63, 3.8) is 0 Å². The molecule has 2 aliphatic heterocycles. The van der Waals surface area contributed by atoms with Gasteiger partial charge in [0, 0.05) is 42.7 Å². The standard InChI is InChI=1S/C25H29N5O3/c31-23(18-1-2-21-22(6-18)27-28-26-21)29-10-19-12-30(13-20(19)11-29)24(32)33-14-25-7-15-3-16(8-25)5-17(4-15)9-25/h1-2,6,10,15-17,20H,3-5,7-9,11-14H2,(H,26,27,28)/t15?,16?,17?,20-,25?/m0/s1. The second-order valence-corrected chi connectivity index (χ2v) is 11.3. The first-order valence-corrected chi connectivity index (χ1v) is 12.3. The number of fused-ring (bicyclic) bond motifs is 2. The van der Waals surface area contributed by atoms with E-state index in [9.17, 15) is 9.59 Å². The van der Waals surface area contributed by atoms with Crippen molar-refractivity contribution in [2.45, 2.75) is 38.5 Å². The molecular weight excluding hydrogens is 418 g/mol. The summed E-state index contributed by atoms with van der Waals surface area (Å²) in [6, 6.07) is 5.39. The van der Waals surface area contributed by atoms with Crippen LogP contribution in [0.15, 0.2) is 30.0 Å². The van der Waals surface area contributed by atoms with Gasteiger partial charge in [-0.05, 0) is 80.1 Å². The minimum absolute atomic E-state index is 0.0438. The van der Waals surface area contributed by atoms with Crippen LogP contribution in [0.5, 0.6) is 0 Å². The van der Waals surface area contributed by atoms with Crippen molar-refractivity contribution >= 4 is 23.0 Å². The van der Waals surface area contributed by atoms with Crippen LogP contribution in [0.4, 0.5) is 4.79 Å². The van der Waals surface area contributed by atoms with Gasteiger partial charge in [0.1, 0.15) is 5.52 Å². The van der Waals surface area contributed by atoms with Crippen molar-refractivity contribution in [2.24, 2.45) is 29.1 Å². The first-order chi connectivity index (χ1) is 16.0. The highest BCUT2D eigenvalue weighted by Crippen LogP contribution is 2.60. The summed E-state index contributed by atoms with van der Waals surface area (Å²) >= 11 is 0. The van der Waals surface area contributed by atoms with E-state index >= 15 is 0 Å². The van der Waals surface area contributed by atoms with Gasteiger partial charge in [-0.2, -0.15) is 0 Å². The summed E-state index contributed by atoms with van der Waals surface area (Å²) in [7, 11) is 0. The Balaban J connectivity index is 0.981. The van der Waals surface area contributed by atoms with E-state index < -0.39 is 0 Å². The minimum Gasteiger partial charge on any atom is -0.449 e. The van der Waals surface area contributed by atoms with E-state index in [1.807, 2.05) is 17.2 Å². The van der Waals surface area contributed by atoms with Gasteiger partial charge in [-0.15, -0.1) is 5.10 Å². The molecule has 4 saturated carbocycles. The van der Waals surface area contributed by atoms with E-state index in [4.69, 9.17) is 4.74 Å². The third-order valence-corrected chi connectivity index (χ3v) is 8.84. The predicted octanol–water partition coefficient (Wildman–Crippen LogP) is 3.58. The van der Waals surface area contributed by atoms with Gasteiger partial charge >= 0.3 is 6.09 Å². The molecule has 0 spiro atoms. The molecule has 1 aromatic heterocycles. The average Bonchev–Trinajstić information content (AvgIpc) is 3.50. The maximum atomic E-state index is 13.0. The Labute approximate surface area is 192 Å². The number of nitrogens with one attached hydrogen (secondary N) is 1. The van der Waals surface area contributed by atoms with Crippen LogP contribution < -0.4 is 0 Å². The zero-order valence-electron chi connectivity index (χ0n) is 18.7. The van der Waals surface area contributed by atoms with Gasteiger partial charge in [-0.25, -0.2) is 4.79 Å². The highest BCUT2D eigenvalue weighted by molar-refractivity contribution is 5.98. The molecule has 33 heavy (non-hydrogen) atoms. The van der Waals surface area contributed by atoms with E-state index in [2.05, 4.69) is 15.4 Å². The number of carbonyl (C=O) groups is 2. The van der Waals surface area contributed by atoms with E-state index in [1.165, 1.54) is 38.5 Å². The van der Waals surface area contributed by atoms with Crippen molar-refractivity contribution in [2.75, 3.05) is 26.2 Å². The zero-order valence-corrected chi connectivity index (χ0v) is 18.7. The summed E-state index contributed by atoms with van der Waals surface area (Å²) in [5, 5.41) is 10.6. The fourth-order valence-electron chi connectivity index (χ4n) is 7.80. The fourth-order valence-corrected chi connectivity index (χ4v) is 7.80. The average molecular weight is 448 g/mol. The fraction of sp³-hybridized carbons (Fsp3) is 0.600. The second-order valence-electron chi connectivity index (χ2n) is 11.3. The lowest BCUT2D eigenvalue weighted by Gasteiger charge is -2.56. The van der Waals surface area contributed by atoms with Gasteiger partial charge in [0.2, 0.25) is 0 Å². The molecule has 8 nitrogen and oxygen atoms in total. The Hall–Kier alpha value is -2.90. The summed E-state index contributed by atoms with van der Waals surface area (Å²) in [6.07, 6.45) is 9.68. The highest BCUT2D eigenvalue weighted by Gasteiger charge is 2.51. The van der Waals surface area contributed by atoms with Crippen molar-refractivity contribution in [1.29, 1.82) is 0 Å². The Morgan fingerprint density at radius 1 is 1.09 bits per heavy atom. The number of nitrogens with zero attached hydrogens (tertiary/aromatic N) is 4. The molecule has 4 aliphatic carbocycles. The quantitative estimate of drug-likeness (QED) is 0.777. The van der Waals surface area contributed by atoms with E-state index in [1.54, 1.807) is 17.0 Å². The number of H-pyrrole nitrogens is 1. The molecule has 1 aromatic carbocycles. The maximum Gasteiger partial charge on any atom is 0.410 e. The lowest BCUT2D eigenvalue weighted by Crippen LogP contribution is -2.49. The van der Waals surface area contributed by atoms with Crippen molar-refractivity contribution in [1.82, 2.24) is 25.2 Å². The molecule has 172 valence electrons. The Bertz CT molecular complexity index is 1130. The molecule has 1 N–H and O–H groups in total. The summed E-state index contributed by atoms with van der Waals surface area (Å²) in [5.74, 6) is 2.73. The number of carbonyl (C=O) groups excluding carboxylic acids is 2. The Morgan fingerprint density at radius 2 is 1.85 bits per heavy atom. The van der Waals surface area contributed by atoms with Crippen LogP contribution in [-0.2, 0) is 4.74 Å². The zero-order chi connectivity index (χ0) is 22.2. The first-order valence-electron chi connectivity index (χ1n) is 12.3. The Morgan fingerprint density at radius 3 is 2.58 bits per heavy atom. The number of benzene rings is 1. The van der Waals surface area contributed by atoms with Crippen molar-refractivity contribution < 1.29 is 14.3 Å². The summed E-state index contributed by atoms with van der Waals surface area (Å²) < 4.78 is 5.92. The number of likely N-dealkylation sites (tertiary alicyclic amines) is 1. The van der Waals surface area contributed by atoms with Crippen LogP contribution in [0.3, 0.4) is 0 Å². The summed E-state index contributed by atoms with van der Waals surface area (Å²) in [4.78, 5) is 29.5. The number of rotatable bonds is 3. The number of hydrogen-bond acceptors (Lipinski definition) is 5. The molecule has 3 heterocycles. The van der Waals surface area contributed by atoms with Gasteiger partial charge in [0.25, 0.3) is 5.91 Å². The molecular formula is C25H29N5O3. The van der Waals surface area contributed by atoms with Gasteiger partial charge in [-0.1, -0.05) is 5.21 Å². The van der Waals surface area contributed by atoms with Crippen LogP contribution in [-0.4, -0.2) is 63.5 Å². The molecule has 0 radical (unpaired) electrons. The SMILES string of the molecule is O=C(c1ccc2[nH]nnc2c1)N1C=C2CN(C(=O)OCC34CC5CC(CC(C5)C3)C4)C[C@@H]2C1. The molecule has 4 bridgehead atoms. The molecule has 1 saturated heterocycles. The lowest BCUT2D eigenvalue weighted by molar-refractivity contribution is -0.0846. The molecule has 6 aliphatic rings. The molecule has 1 atom stereocenters. The van der Waals surface area contributed by atoms with Crippen LogP contribution in [0.2, 0.25) is 0 Å². The normalized spacial score (nSPS) is 34.1. The monoisotopic (exact) mass is 447 g/mol. The number of aromatic nitrogens is 3. The number of amides is 2. The number of ether oxygens (including phenoxy) is 1. The third-order valence-electron chi connectivity index (χ3n) is 8.84. The van der Waals surface area contributed by atoms with E-state index in [0.717, 1.165) is 28.8 Å². The van der Waals surface area contributed by atoms with Crippen molar-refractivity contribution in [3.8, 4) is 0 Å². The second kappa shape index (κ2) is 7.05. The number of hydrogen-bond donors (Lipinski definition) is 1. The highest BCUT2D eigenvalue weighted by atomic mass is 16.6. The summed E-state index contributed by atoms with van der Waals surface area (Å²) in [5.41, 5.74) is 3.47. The first kappa shape index (κ1) is 19.6. The Kier molecular flexibility index (Phi) is 4.18. The minimum atomic E-state index is -0.185. The van der Waals surface area contributed by atoms with Gasteiger partial charge < -0.3 is 14.5 Å². The topological polar surface area (TPSA) is 91.4 Å². The van der Waals surface area contributed by atoms with Crippen LogP contribution >= 0.6 is 0 Å². The van der Waals surface area contributed by atoms with Crippen LogP contribution in [0.25, 0.3) is 11.0 Å². The molecule has 8 heteroatoms. The molecule has 0 unspecified atom stereocenters. The number of aromatic amines is 1. The molecule has 8 rings (SSSR count). The van der Waals surface area contributed by atoms with Crippen LogP contribution in [0, 0.1) is 29.1 Å². The largest absolute Gasteiger partial charge is 0.449 e. The third kappa shape index (κ3) is 3.25. The predicted molar refractivity (Wildman–Crippen MR) is 120 cm³/mol. The maximum absolute atomic E-state index is 13.0. The van der Waals surface area contributed by atoms with Gasteiger partial charge in [-0.3, -0.25) is 9.89 Å². The van der Waals surface area contributed by atoms with Gasteiger partial charge in [0.05, 0.1) is 12.1 Å². The van der Waals surface area contributed by atoms with Crippen LogP contribution in [0.1, 0.15) is 48.9 Å². The molecule has 5 fully saturated rings. The van der Waals surface area contributed by atoms with Gasteiger partial charge in [0.15, 0.2) is 0 Å². The van der Waals surface area contributed by atoms with E-state index in [-0.39, 0.29) is 23.3 Å². The smallest absolute Gasteiger partial charge is 0.410 e. The van der Waals surface area contributed by atoms with Crippen molar-refractivity contribution in [3.05, 3.63) is 35.5 Å². The molecule has 2 aromatic rings. The summed E-state index contributed by atoms with van der Waals surface area (Å²) in [6.45, 7) is 2.36. The molecule has 2 amide bonds.